The Morgan fingerprint density at radius 1 is 0.747 bits per heavy atom. The highest BCUT2D eigenvalue weighted by atomic mass is 32.1. The fraction of sp³-hybridized carbons (Fsp3) is 0.697. The number of aliphatic hydroxyl groups excluding tert-OH is 8. The summed E-state index contributed by atoms with van der Waals surface area (Å²) in [5.74, 6) is -6.43. The molecule has 13 atom stereocenters. The van der Waals surface area contributed by atoms with Gasteiger partial charge in [-0.2, -0.15) is 0 Å². The number of phenolic OH excluding ortho intramolecular Hbond substituents is 1. The maximum atomic E-state index is 15.0. The van der Waals surface area contributed by atoms with Crippen molar-refractivity contribution < 1.29 is 84.2 Å². The van der Waals surface area contributed by atoms with Gasteiger partial charge < -0.3 is 102 Å². The van der Waals surface area contributed by atoms with Gasteiger partial charge in [-0.3, -0.25) is 28.8 Å². The quantitative estimate of drug-likeness (QED) is 0.0638. The summed E-state index contributed by atoms with van der Waals surface area (Å²) in [6.07, 6.45) is 0.205. The summed E-state index contributed by atoms with van der Waals surface area (Å²) in [5, 5.41) is 126. The topological polar surface area (TPSA) is 411 Å². The van der Waals surface area contributed by atoms with Crippen LogP contribution in [0.1, 0.15) is 120 Å². The van der Waals surface area contributed by atoms with Crippen molar-refractivity contribution in [1.29, 1.82) is 0 Å². The fourth-order valence-electron chi connectivity index (χ4n) is 14.8. The number of amides is 6. The highest BCUT2D eigenvalue weighted by Crippen LogP contribution is 2.43. The first-order chi connectivity index (χ1) is 45.5. The fourth-order valence-corrected chi connectivity index (χ4v) is 15.8. The van der Waals surface area contributed by atoms with Gasteiger partial charge in [0.25, 0.3) is 0 Å². The number of piperidine rings is 1. The van der Waals surface area contributed by atoms with Crippen LogP contribution in [0.25, 0.3) is 10.6 Å². The molecular weight excluding hydrogens is 1250 g/mol. The highest BCUT2D eigenvalue weighted by molar-refractivity contribution is 7.14. The van der Waals surface area contributed by atoms with Crippen LogP contribution in [-0.2, 0) is 39.9 Å². The van der Waals surface area contributed by atoms with Crippen molar-refractivity contribution in [2.75, 3.05) is 78.1 Å². The number of fused-ring (bicyclic) bond motifs is 2. The first kappa shape index (κ1) is 73.0. The number of nitrogens with one attached hydrogen (secondary N) is 6. The van der Waals surface area contributed by atoms with Crippen LogP contribution in [0.2, 0.25) is 0 Å². The van der Waals surface area contributed by atoms with Crippen LogP contribution in [0.5, 0.6) is 11.5 Å². The Morgan fingerprint density at radius 3 is 2.08 bits per heavy atom. The first-order valence-electron chi connectivity index (χ1n) is 33.7. The van der Waals surface area contributed by atoms with Gasteiger partial charge in [-0.25, -0.2) is 0 Å². The molecule has 6 amide bonds. The Labute approximate surface area is 557 Å². The molecule has 2 aliphatic carbocycles. The molecule has 0 spiro atoms. The number of benzene rings is 2. The van der Waals surface area contributed by atoms with Gasteiger partial charge in [-0.15, -0.1) is 10.2 Å². The number of aliphatic hydroxyl groups is 8. The summed E-state index contributed by atoms with van der Waals surface area (Å²) in [6.45, 7) is 2.54. The molecule has 15 N–H and O–H groups in total. The standard InChI is InChI=1S/C66H99N11O17S/c1-36-32-77-56(57(36)86)61(90)69-31-45(81)28-47(68-30-38-10-13-40(14-11-38)62-73-74-63(95-62)41-15-17-44(18-16-41)75-24-21-66(94-4,22-25-75)42-8-6-5-7-9-42)58(87)70-53(37(2)80)64(91)76-33-46(82)29-48(76)59(88)71-54(51(85)26-39-12-19-49(83)52(27-39)93-3)60(89)72-55(65(77)92)50(84)20-23-67-43(34-78)35-79/h12,15-19,27,36-38,40,42-43,45-48,50-51,53-57,67-68,78-86H,5-11,13-14,20-26,28-35H2,1-4H3,(H,69,90)(H,70,87)(H,71,88)(H,72,89)/t36-,37+,38-,40-,45+,46+,47-,48-,50+,51+,53-,54-,55-,56-,57-/m0/s1. The Kier molecular flexibility index (Phi) is 25.6. The van der Waals surface area contributed by atoms with E-state index in [2.05, 4.69) is 71.3 Å². The van der Waals surface area contributed by atoms with Gasteiger partial charge in [0.05, 0.1) is 74.6 Å². The summed E-state index contributed by atoms with van der Waals surface area (Å²) in [7, 11) is 3.17. The molecule has 2 aromatic carbocycles. The van der Waals surface area contributed by atoms with Crippen molar-refractivity contribution in [1.82, 2.24) is 51.9 Å². The van der Waals surface area contributed by atoms with Gasteiger partial charge in [0.2, 0.25) is 35.4 Å². The maximum Gasteiger partial charge on any atom is 0.248 e. The van der Waals surface area contributed by atoms with E-state index >= 15 is 0 Å². The van der Waals surface area contributed by atoms with Gasteiger partial charge >= 0.3 is 0 Å². The number of aromatic nitrogens is 2. The molecule has 95 heavy (non-hydrogen) atoms. The van der Waals surface area contributed by atoms with Crippen molar-refractivity contribution >= 4 is 52.5 Å². The predicted octanol–water partition coefficient (Wildman–Crippen LogP) is -1.10. The second-order valence-corrected chi connectivity index (χ2v) is 28.1. The molecule has 526 valence electrons. The van der Waals surface area contributed by atoms with E-state index in [4.69, 9.17) is 9.47 Å². The molecule has 0 radical (unpaired) electrons. The van der Waals surface area contributed by atoms with Gasteiger partial charge in [0.1, 0.15) is 40.2 Å². The maximum absolute atomic E-state index is 15.0. The third kappa shape index (κ3) is 17.7. The van der Waals surface area contributed by atoms with Crippen LogP contribution < -0.4 is 41.5 Å². The van der Waals surface area contributed by atoms with E-state index in [1.807, 2.05) is 7.11 Å². The summed E-state index contributed by atoms with van der Waals surface area (Å²) in [4.78, 5) is 92.6. The molecular formula is C66H99N11O17S. The molecule has 2 saturated carbocycles. The van der Waals surface area contributed by atoms with Crippen LogP contribution in [-0.4, -0.2) is 259 Å². The first-order valence-corrected chi connectivity index (χ1v) is 34.5. The molecule has 28 nitrogen and oxygen atoms in total. The summed E-state index contributed by atoms with van der Waals surface area (Å²) < 4.78 is 11.5. The zero-order valence-corrected chi connectivity index (χ0v) is 55.6. The third-order valence-corrected chi connectivity index (χ3v) is 21.7. The number of nitrogens with zero attached hydrogens (tertiary/aromatic N) is 5. The van der Waals surface area contributed by atoms with Crippen molar-refractivity contribution in [3.63, 3.8) is 0 Å². The second-order valence-electron chi connectivity index (χ2n) is 27.0. The number of rotatable bonds is 20. The van der Waals surface area contributed by atoms with E-state index in [1.165, 1.54) is 70.0 Å². The Hall–Kier alpha value is -6.22. The average molecular weight is 1350 g/mol. The lowest BCUT2D eigenvalue weighted by Gasteiger charge is -2.47. The second kappa shape index (κ2) is 33.4. The van der Waals surface area contributed by atoms with Gasteiger partial charge in [0, 0.05) is 75.8 Å². The molecule has 0 bridgehead atoms. The molecule has 4 saturated heterocycles. The van der Waals surface area contributed by atoms with Gasteiger partial charge in [-0.1, -0.05) is 43.6 Å². The largest absolute Gasteiger partial charge is 0.504 e. The normalized spacial score (nSPS) is 29.8. The van der Waals surface area contributed by atoms with Crippen molar-refractivity contribution in [2.24, 2.45) is 17.8 Å². The van der Waals surface area contributed by atoms with Gasteiger partial charge in [-0.05, 0) is 138 Å². The number of aromatic hydroxyl groups is 1. The predicted molar refractivity (Wildman–Crippen MR) is 348 cm³/mol. The number of methoxy groups -OCH3 is 2. The SMILES string of the molecule is COc1cc(C[C@@H](O)[C@@H]2NC(=O)[C@@H]3C[C@@H](O)CN3C(=O)[C@H]([C@@H](C)O)NC(=O)[C@@H](NC[C@H]3CC[C@H](c4nnc(-c5ccc(N6CCC(OC)(C7CCCCC7)CC6)cc5)s4)CC3)C[C@@H](O)CNC(=O)[C@@H]3[C@@H](O)[C@@H](C)CN3C(=O)[C@H]([C@H](O)CCNC(CO)CO)NC2=O)ccc1O. The summed E-state index contributed by atoms with van der Waals surface area (Å²) >= 11 is 1.57. The zero-order chi connectivity index (χ0) is 68.3. The van der Waals surface area contributed by atoms with Crippen LogP contribution >= 0.6 is 11.3 Å². The number of β-amino-alcohol motifs (C(OH)–C–C–N with tert-alkyl or cyclic N) is 1. The lowest BCUT2D eigenvalue weighted by Crippen LogP contribution is -2.64. The average Bonchev–Trinajstić information content (AvgIpc) is 1.78. The summed E-state index contributed by atoms with van der Waals surface area (Å²) in [6, 6.07) is 1.45. The van der Waals surface area contributed by atoms with E-state index in [-0.39, 0.29) is 67.0 Å². The highest BCUT2D eigenvalue weighted by Gasteiger charge is 2.50. The van der Waals surface area contributed by atoms with Crippen LogP contribution in [0.3, 0.4) is 0 Å². The minimum absolute atomic E-state index is 0.0000358. The van der Waals surface area contributed by atoms with Gasteiger partial charge in [0.15, 0.2) is 11.5 Å². The Morgan fingerprint density at radius 2 is 1.42 bits per heavy atom. The molecule has 29 heteroatoms. The molecule has 6 aliphatic rings. The number of anilines is 1. The number of hydrogen-bond acceptors (Lipinski definition) is 23. The molecule has 6 fully saturated rings. The molecule has 4 aliphatic heterocycles. The Balaban J connectivity index is 0.919. The van der Waals surface area contributed by atoms with Crippen LogP contribution in [0.4, 0.5) is 5.69 Å². The monoisotopic (exact) mass is 1350 g/mol. The summed E-state index contributed by atoms with van der Waals surface area (Å²) in [5.41, 5.74) is 2.40. The van der Waals surface area contributed by atoms with Crippen molar-refractivity contribution in [2.45, 2.75) is 201 Å². The number of phenols is 1. The Bertz CT molecular complexity index is 3050. The molecule has 5 heterocycles. The molecule has 0 unspecified atom stereocenters. The number of hydrogen-bond donors (Lipinski definition) is 15. The smallest absolute Gasteiger partial charge is 0.248 e. The van der Waals surface area contributed by atoms with E-state index in [9.17, 15) is 74.7 Å². The van der Waals surface area contributed by atoms with E-state index in [1.54, 1.807) is 18.3 Å². The zero-order valence-electron chi connectivity index (χ0n) is 54.8. The lowest BCUT2D eigenvalue weighted by molar-refractivity contribution is -0.147. The minimum atomic E-state index is -2.03. The molecule has 1 aromatic heterocycles. The lowest BCUT2D eigenvalue weighted by atomic mass is 9.72. The number of carbonyl (C=O) groups is 6. The van der Waals surface area contributed by atoms with Crippen LogP contribution in [0, 0.1) is 17.8 Å². The van der Waals surface area contributed by atoms with Crippen molar-refractivity contribution in [3.05, 3.63) is 53.0 Å². The van der Waals surface area contributed by atoms with E-state index < -0.39 is 159 Å². The minimum Gasteiger partial charge on any atom is -0.504 e. The molecule has 3 aromatic rings. The number of ether oxygens (including phenoxy) is 2. The number of carbonyl (C=O) groups excluding carboxylic acids is 6. The van der Waals surface area contributed by atoms with Crippen molar-refractivity contribution in [3.8, 4) is 22.1 Å². The molecule has 9 rings (SSSR count). The van der Waals surface area contributed by atoms with E-state index in [0.29, 0.717) is 5.92 Å². The third-order valence-electron chi connectivity index (χ3n) is 20.6. The van der Waals surface area contributed by atoms with E-state index in [0.717, 1.165) is 77.0 Å². The van der Waals surface area contributed by atoms with Crippen LogP contribution in [0.15, 0.2) is 42.5 Å².